The molecule has 1 atom stereocenters. The highest BCUT2D eigenvalue weighted by Crippen LogP contribution is 2.26. The molecule has 0 spiro atoms. The molecular formula is C18H24N4O2. The molecule has 2 aliphatic rings. The summed E-state index contributed by atoms with van der Waals surface area (Å²) in [4.78, 5) is 21.8. The van der Waals surface area contributed by atoms with Crippen LogP contribution in [0, 0.1) is 5.92 Å². The number of rotatable bonds is 2. The fourth-order valence-corrected chi connectivity index (χ4v) is 3.82. The molecule has 1 unspecified atom stereocenters. The second kappa shape index (κ2) is 6.43. The first-order chi connectivity index (χ1) is 11.7. The summed E-state index contributed by atoms with van der Waals surface area (Å²) in [6.07, 6.45) is 2.00. The Morgan fingerprint density at radius 2 is 2.00 bits per heavy atom. The van der Waals surface area contributed by atoms with Crippen molar-refractivity contribution < 1.29 is 9.53 Å². The monoisotopic (exact) mass is 328 g/mol. The summed E-state index contributed by atoms with van der Waals surface area (Å²) in [6.45, 7) is 4.49. The highest BCUT2D eigenvalue weighted by atomic mass is 16.5. The van der Waals surface area contributed by atoms with E-state index in [1.54, 1.807) is 0 Å². The second-order valence-electron chi connectivity index (χ2n) is 6.68. The van der Waals surface area contributed by atoms with Crippen molar-refractivity contribution in [1.29, 1.82) is 0 Å². The molecule has 3 heterocycles. The van der Waals surface area contributed by atoms with Crippen molar-refractivity contribution in [3.63, 3.8) is 0 Å². The summed E-state index contributed by atoms with van der Waals surface area (Å²) >= 11 is 0. The molecule has 2 fully saturated rings. The molecule has 128 valence electrons. The van der Waals surface area contributed by atoms with Crippen LogP contribution in [-0.4, -0.2) is 59.8 Å². The minimum Gasteiger partial charge on any atom is -0.378 e. The number of carbonyl (C=O) groups excluding carboxylic acids is 1. The zero-order chi connectivity index (χ0) is 16.5. The van der Waals surface area contributed by atoms with Crippen LogP contribution < -0.4 is 4.90 Å². The molecule has 6 heteroatoms. The van der Waals surface area contributed by atoms with E-state index in [0.29, 0.717) is 13.2 Å². The Morgan fingerprint density at radius 1 is 1.21 bits per heavy atom. The number of fused-ring (bicyclic) bond motifs is 1. The van der Waals surface area contributed by atoms with Gasteiger partial charge in [0.25, 0.3) is 0 Å². The van der Waals surface area contributed by atoms with Crippen molar-refractivity contribution in [3.05, 3.63) is 24.3 Å². The van der Waals surface area contributed by atoms with Gasteiger partial charge in [0.15, 0.2) is 0 Å². The number of benzene rings is 1. The number of imidazole rings is 1. The number of hydrogen-bond donors (Lipinski definition) is 0. The van der Waals surface area contributed by atoms with Gasteiger partial charge in [-0.3, -0.25) is 4.79 Å². The Kier molecular flexibility index (Phi) is 4.14. The third-order valence-corrected chi connectivity index (χ3v) is 5.14. The molecule has 4 rings (SSSR count). The van der Waals surface area contributed by atoms with Crippen LogP contribution in [0.25, 0.3) is 11.0 Å². The molecule has 6 nitrogen and oxygen atoms in total. The van der Waals surface area contributed by atoms with E-state index in [-0.39, 0.29) is 11.8 Å². The molecule has 0 N–H and O–H groups in total. The summed E-state index contributed by atoms with van der Waals surface area (Å²) in [7, 11) is 2.05. The number of aromatic nitrogens is 2. The van der Waals surface area contributed by atoms with E-state index in [2.05, 4.69) is 22.6 Å². The molecular weight excluding hydrogens is 304 g/mol. The summed E-state index contributed by atoms with van der Waals surface area (Å²) in [6, 6.07) is 8.18. The zero-order valence-electron chi connectivity index (χ0n) is 14.1. The van der Waals surface area contributed by atoms with E-state index < -0.39 is 0 Å². The Hall–Kier alpha value is -2.08. The Labute approximate surface area is 142 Å². The number of amides is 1. The number of carbonyl (C=O) groups is 1. The van der Waals surface area contributed by atoms with Crippen LogP contribution in [0.15, 0.2) is 24.3 Å². The maximum atomic E-state index is 12.8. The largest absolute Gasteiger partial charge is 0.378 e. The Balaban J connectivity index is 1.53. The smallest absolute Gasteiger partial charge is 0.227 e. The van der Waals surface area contributed by atoms with Crippen LogP contribution in [-0.2, 0) is 16.6 Å². The lowest BCUT2D eigenvalue weighted by molar-refractivity contribution is -0.139. The number of ether oxygens (including phenoxy) is 1. The third kappa shape index (κ3) is 2.75. The minimum atomic E-state index is 0.0664. The molecule has 2 saturated heterocycles. The van der Waals surface area contributed by atoms with E-state index in [0.717, 1.165) is 56.0 Å². The first-order valence-corrected chi connectivity index (χ1v) is 8.77. The van der Waals surface area contributed by atoms with Crippen LogP contribution in [0.5, 0.6) is 0 Å². The minimum absolute atomic E-state index is 0.0664. The van der Waals surface area contributed by atoms with Crippen LogP contribution in [0.3, 0.4) is 0 Å². The predicted molar refractivity (Wildman–Crippen MR) is 93.1 cm³/mol. The van der Waals surface area contributed by atoms with E-state index in [9.17, 15) is 4.79 Å². The lowest BCUT2D eigenvalue weighted by Crippen LogP contribution is -2.48. The molecule has 1 aromatic carbocycles. The lowest BCUT2D eigenvalue weighted by Gasteiger charge is -2.36. The number of anilines is 1. The van der Waals surface area contributed by atoms with Crippen LogP contribution in [0.4, 0.5) is 5.95 Å². The summed E-state index contributed by atoms with van der Waals surface area (Å²) < 4.78 is 7.50. The standard InChI is InChI=1S/C18H24N4O2/c1-20-16-7-3-2-6-15(16)19-18(20)22-8-4-5-14(13-22)17(23)21-9-11-24-12-10-21/h2-3,6-7,14H,4-5,8-13H2,1H3. The summed E-state index contributed by atoms with van der Waals surface area (Å²) in [5.74, 6) is 1.31. The van der Waals surface area contributed by atoms with Crippen molar-refractivity contribution in [2.75, 3.05) is 44.3 Å². The van der Waals surface area contributed by atoms with E-state index in [1.807, 2.05) is 23.1 Å². The lowest BCUT2D eigenvalue weighted by atomic mass is 9.96. The van der Waals surface area contributed by atoms with Gasteiger partial charge in [0.1, 0.15) is 0 Å². The fourth-order valence-electron chi connectivity index (χ4n) is 3.82. The van der Waals surface area contributed by atoms with Crippen molar-refractivity contribution in [2.24, 2.45) is 13.0 Å². The number of hydrogen-bond acceptors (Lipinski definition) is 4. The van der Waals surface area contributed by atoms with Gasteiger partial charge < -0.3 is 19.1 Å². The van der Waals surface area contributed by atoms with Gasteiger partial charge in [-0.15, -0.1) is 0 Å². The molecule has 1 aromatic heterocycles. The van der Waals surface area contributed by atoms with Crippen molar-refractivity contribution in [3.8, 4) is 0 Å². The number of piperidine rings is 1. The van der Waals surface area contributed by atoms with Gasteiger partial charge in [-0.2, -0.15) is 0 Å². The van der Waals surface area contributed by atoms with E-state index >= 15 is 0 Å². The fraction of sp³-hybridized carbons (Fsp3) is 0.556. The van der Waals surface area contributed by atoms with Crippen molar-refractivity contribution in [2.45, 2.75) is 12.8 Å². The number of nitrogens with zero attached hydrogens (tertiary/aromatic N) is 4. The first kappa shape index (κ1) is 15.4. The van der Waals surface area contributed by atoms with Gasteiger partial charge in [0, 0.05) is 33.2 Å². The normalized spacial score (nSPS) is 22.1. The first-order valence-electron chi connectivity index (χ1n) is 8.77. The van der Waals surface area contributed by atoms with Gasteiger partial charge in [-0.25, -0.2) is 4.98 Å². The number of aryl methyl sites for hydroxylation is 1. The molecule has 2 aromatic rings. The molecule has 0 aliphatic carbocycles. The summed E-state index contributed by atoms with van der Waals surface area (Å²) in [5.41, 5.74) is 2.14. The molecule has 0 saturated carbocycles. The topological polar surface area (TPSA) is 50.6 Å². The molecule has 1 amide bonds. The predicted octanol–water partition coefficient (Wildman–Crippen LogP) is 1.65. The summed E-state index contributed by atoms with van der Waals surface area (Å²) in [5, 5.41) is 0. The quantitative estimate of drug-likeness (QED) is 0.841. The Bertz CT molecular complexity index is 736. The van der Waals surface area contributed by atoms with Crippen LogP contribution in [0.1, 0.15) is 12.8 Å². The van der Waals surface area contributed by atoms with Crippen molar-refractivity contribution >= 4 is 22.9 Å². The van der Waals surface area contributed by atoms with Gasteiger partial charge >= 0.3 is 0 Å². The number of para-hydroxylation sites is 2. The molecule has 2 aliphatic heterocycles. The average molecular weight is 328 g/mol. The van der Waals surface area contributed by atoms with Gasteiger partial charge in [-0.05, 0) is 25.0 Å². The SMILES string of the molecule is Cn1c(N2CCCC(C(=O)N3CCOCC3)C2)nc2ccccc21. The van der Waals surface area contributed by atoms with Gasteiger partial charge in [0.05, 0.1) is 30.2 Å². The maximum Gasteiger partial charge on any atom is 0.227 e. The van der Waals surface area contributed by atoms with E-state index in [4.69, 9.17) is 9.72 Å². The third-order valence-electron chi connectivity index (χ3n) is 5.14. The molecule has 24 heavy (non-hydrogen) atoms. The number of morpholine rings is 1. The molecule has 0 bridgehead atoms. The maximum absolute atomic E-state index is 12.8. The highest BCUT2D eigenvalue weighted by Gasteiger charge is 2.31. The highest BCUT2D eigenvalue weighted by molar-refractivity contribution is 5.81. The molecule has 0 radical (unpaired) electrons. The van der Waals surface area contributed by atoms with Gasteiger partial charge in [-0.1, -0.05) is 12.1 Å². The van der Waals surface area contributed by atoms with Crippen molar-refractivity contribution in [1.82, 2.24) is 14.5 Å². The van der Waals surface area contributed by atoms with Crippen LogP contribution in [0.2, 0.25) is 0 Å². The van der Waals surface area contributed by atoms with E-state index in [1.165, 1.54) is 0 Å². The second-order valence-corrected chi connectivity index (χ2v) is 6.68. The van der Waals surface area contributed by atoms with Crippen LogP contribution >= 0.6 is 0 Å². The average Bonchev–Trinajstić information content (AvgIpc) is 2.99. The zero-order valence-corrected chi connectivity index (χ0v) is 14.1. The Morgan fingerprint density at radius 3 is 2.79 bits per heavy atom. The van der Waals surface area contributed by atoms with Gasteiger partial charge in [0.2, 0.25) is 11.9 Å².